The summed E-state index contributed by atoms with van der Waals surface area (Å²) in [5.41, 5.74) is 5.01. The number of hydrogen-bond donors (Lipinski definition) is 3. The van der Waals surface area contributed by atoms with Gasteiger partial charge in [-0.2, -0.15) is 0 Å². The average Bonchev–Trinajstić information content (AvgIpc) is 2.26. The van der Waals surface area contributed by atoms with Crippen molar-refractivity contribution >= 4 is 5.96 Å². The minimum Gasteiger partial charge on any atom is -0.349 e. The van der Waals surface area contributed by atoms with E-state index in [1.165, 1.54) is 11.1 Å². The zero-order chi connectivity index (χ0) is 11.3. The van der Waals surface area contributed by atoms with Gasteiger partial charge in [-0.3, -0.25) is 10.4 Å². The summed E-state index contributed by atoms with van der Waals surface area (Å²) in [4.78, 5) is 3.97. The molecule has 0 aliphatic carbocycles. The Morgan fingerprint density at radius 3 is 2.60 bits per heavy atom. The maximum absolute atomic E-state index is 5.30. The molecule has 0 aliphatic heterocycles. The number of rotatable bonds is 2. The van der Waals surface area contributed by atoms with Crippen molar-refractivity contribution < 1.29 is 0 Å². The van der Waals surface area contributed by atoms with Gasteiger partial charge >= 0.3 is 0 Å². The summed E-state index contributed by atoms with van der Waals surface area (Å²) in [6, 6.07) is 8.42. The van der Waals surface area contributed by atoms with E-state index < -0.39 is 0 Å². The summed E-state index contributed by atoms with van der Waals surface area (Å²) in [6.45, 7) is 4.16. The maximum atomic E-state index is 5.30. The fourth-order valence-corrected chi connectivity index (χ4v) is 1.53. The Labute approximate surface area is 90.6 Å². The van der Waals surface area contributed by atoms with Crippen molar-refractivity contribution in [3.63, 3.8) is 0 Å². The van der Waals surface area contributed by atoms with Gasteiger partial charge in [0.1, 0.15) is 0 Å². The fourth-order valence-electron chi connectivity index (χ4n) is 1.53. The Morgan fingerprint density at radius 1 is 1.40 bits per heavy atom. The average molecular weight is 206 g/mol. The zero-order valence-corrected chi connectivity index (χ0v) is 9.41. The first kappa shape index (κ1) is 11.5. The molecule has 4 nitrogen and oxygen atoms in total. The SMILES string of the molecule is CN=C(NN)NC(C)c1ccccc1C. The molecule has 15 heavy (non-hydrogen) atoms. The van der Waals surface area contributed by atoms with Crippen LogP contribution in [-0.4, -0.2) is 13.0 Å². The molecule has 0 heterocycles. The van der Waals surface area contributed by atoms with Gasteiger partial charge < -0.3 is 5.32 Å². The van der Waals surface area contributed by atoms with Crippen LogP contribution >= 0.6 is 0 Å². The largest absolute Gasteiger partial charge is 0.349 e. The number of hydrazine groups is 1. The van der Waals surface area contributed by atoms with Gasteiger partial charge in [0.2, 0.25) is 5.96 Å². The summed E-state index contributed by atoms with van der Waals surface area (Å²) in [7, 11) is 1.69. The predicted octanol–water partition coefficient (Wildman–Crippen LogP) is 1.09. The third-order valence-corrected chi connectivity index (χ3v) is 2.37. The standard InChI is InChI=1S/C11H18N4/c1-8-6-4-5-7-10(8)9(2)14-11(13-3)15-12/h4-7,9H,12H2,1-3H3,(H2,13,14,15). The molecule has 1 atom stereocenters. The number of nitrogens with one attached hydrogen (secondary N) is 2. The molecule has 4 N–H and O–H groups in total. The Balaban J connectivity index is 2.77. The number of aliphatic imine (C=N–C) groups is 1. The van der Waals surface area contributed by atoms with Gasteiger partial charge in [0, 0.05) is 7.05 Å². The number of nitrogens with two attached hydrogens (primary N) is 1. The van der Waals surface area contributed by atoms with Crippen LogP contribution in [0, 0.1) is 6.92 Å². The minimum atomic E-state index is 0.181. The van der Waals surface area contributed by atoms with E-state index in [1.54, 1.807) is 7.05 Å². The van der Waals surface area contributed by atoms with Crippen LogP contribution < -0.4 is 16.6 Å². The molecular formula is C11H18N4. The van der Waals surface area contributed by atoms with Crippen LogP contribution in [0.1, 0.15) is 24.1 Å². The second kappa shape index (κ2) is 5.36. The summed E-state index contributed by atoms with van der Waals surface area (Å²) in [5, 5.41) is 3.19. The molecule has 0 aromatic heterocycles. The summed E-state index contributed by atoms with van der Waals surface area (Å²) >= 11 is 0. The Hall–Kier alpha value is -1.55. The topological polar surface area (TPSA) is 62.4 Å². The number of nitrogens with zero attached hydrogens (tertiary/aromatic N) is 1. The van der Waals surface area contributed by atoms with Gasteiger partial charge in [-0.1, -0.05) is 24.3 Å². The lowest BCUT2D eigenvalue weighted by molar-refractivity contribution is 0.687. The van der Waals surface area contributed by atoms with E-state index >= 15 is 0 Å². The number of aryl methyl sites for hydroxylation is 1. The van der Waals surface area contributed by atoms with Crippen molar-refractivity contribution in [2.24, 2.45) is 10.8 Å². The van der Waals surface area contributed by atoms with E-state index in [2.05, 4.69) is 41.7 Å². The lowest BCUT2D eigenvalue weighted by Crippen LogP contribution is -2.42. The van der Waals surface area contributed by atoms with Gasteiger partial charge in [-0.05, 0) is 25.0 Å². The highest BCUT2D eigenvalue weighted by atomic mass is 15.3. The first-order valence-corrected chi connectivity index (χ1v) is 4.94. The van der Waals surface area contributed by atoms with E-state index in [4.69, 9.17) is 5.84 Å². The Bertz CT molecular complexity index is 346. The molecule has 0 radical (unpaired) electrons. The second-order valence-corrected chi connectivity index (χ2v) is 3.44. The van der Waals surface area contributed by atoms with Crippen molar-refractivity contribution in [1.29, 1.82) is 0 Å². The summed E-state index contributed by atoms with van der Waals surface area (Å²) in [6.07, 6.45) is 0. The van der Waals surface area contributed by atoms with Crippen LogP contribution in [0.5, 0.6) is 0 Å². The highest BCUT2D eigenvalue weighted by Crippen LogP contribution is 2.16. The minimum absolute atomic E-state index is 0.181. The first-order valence-electron chi connectivity index (χ1n) is 4.94. The Kier molecular flexibility index (Phi) is 4.12. The van der Waals surface area contributed by atoms with Crippen LogP contribution in [0.4, 0.5) is 0 Å². The molecule has 0 aliphatic rings. The summed E-state index contributed by atoms with van der Waals surface area (Å²) in [5.74, 6) is 5.89. The second-order valence-electron chi connectivity index (χ2n) is 3.44. The molecule has 0 fully saturated rings. The van der Waals surface area contributed by atoms with E-state index in [0.717, 1.165) is 0 Å². The molecule has 1 unspecified atom stereocenters. The molecule has 1 rings (SSSR count). The highest BCUT2D eigenvalue weighted by molar-refractivity contribution is 5.79. The van der Waals surface area contributed by atoms with Crippen LogP contribution in [-0.2, 0) is 0 Å². The third kappa shape index (κ3) is 2.95. The van der Waals surface area contributed by atoms with Crippen molar-refractivity contribution in [1.82, 2.24) is 10.7 Å². The number of hydrogen-bond acceptors (Lipinski definition) is 2. The molecule has 0 spiro atoms. The predicted molar refractivity (Wildman–Crippen MR) is 63.4 cm³/mol. The zero-order valence-electron chi connectivity index (χ0n) is 9.41. The molecule has 1 aromatic rings. The van der Waals surface area contributed by atoms with Crippen LogP contribution in [0.3, 0.4) is 0 Å². The van der Waals surface area contributed by atoms with Crippen molar-refractivity contribution in [3.8, 4) is 0 Å². The van der Waals surface area contributed by atoms with Crippen LogP contribution in [0.2, 0.25) is 0 Å². The molecule has 1 aromatic carbocycles. The van der Waals surface area contributed by atoms with Gasteiger partial charge in [-0.25, -0.2) is 5.84 Å². The number of guanidine groups is 1. The van der Waals surface area contributed by atoms with E-state index in [-0.39, 0.29) is 6.04 Å². The van der Waals surface area contributed by atoms with E-state index in [9.17, 15) is 0 Å². The molecule has 0 bridgehead atoms. The van der Waals surface area contributed by atoms with Gasteiger partial charge in [0.05, 0.1) is 6.04 Å². The lowest BCUT2D eigenvalue weighted by Gasteiger charge is -2.18. The molecule has 0 amide bonds. The maximum Gasteiger partial charge on any atom is 0.205 e. The van der Waals surface area contributed by atoms with E-state index in [1.807, 2.05) is 12.1 Å². The van der Waals surface area contributed by atoms with Crippen molar-refractivity contribution in [3.05, 3.63) is 35.4 Å². The highest BCUT2D eigenvalue weighted by Gasteiger charge is 2.08. The normalized spacial score (nSPS) is 13.5. The summed E-state index contributed by atoms with van der Waals surface area (Å²) < 4.78 is 0. The van der Waals surface area contributed by atoms with E-state index in [0.29, 0.717) is 5.96 Å². The number of benzene rings is 1. The molecule has 82 valence electrons. The molecule has 0 saturated carbocycles. The smallest absolute Gasteiger partial charge is 0.205 e. The van der Waals surface area contributed by atoms with Crippen LogP contribution in [0.15, 0.2) is 29.3 Å². The van der Waals surface area contributed by atoms with Gasteiger partial charge in [-0.15, -0.1) is 0 Å². The lowest BCUT2D eigenvalue weighted by atomic mass is 10.0. The van der Waals surface area contributed by atoms with Crippen molar-refractivity contribution in [2.45, 2.75) is 19.9 Å². The van der Waals surface area contributed by atoms with Crippen molar-refractivity contribution in [2.75, 3.05) is 7.05 Å². The third-order valence-electron chi connectivity index (χ3n) is 2.37. The quantitative estimate of drug-likeness (QED) is 0.294. The van der Waals surface area contributed by atoms with Gasteiger partial charge in [0.15, 0.2) is 0 Å². The molecule has 4 heteroatoms. The fraction of sp³-hybridized carbons (Fsp3) is 0.364. The first-order chi connectivity index (χ1) is 7.19. The van der Waals surface area contributed by atoms with Crippen LogP contribution in [0.25, 0.3) is 0 Å². The Morgan fingerprint density at radius 2 is 2.07 bits per heavy atom. The monoisotopic (exact) mass is 206 g/mol. The molecular weight excluding hydrogens is 188 g/mol. The van der Waals surface area contributed by atoms with Gasteiger partial charge in [0.25, 0.3) is 0 Å². The molecule has 0 saturated heterocycles.